The standard InChI is InChI=1S/C16H24ClNO/c1-3-11-18-15(13-7-6-8-14(17)12-13)16(19-2)9-4-5-10-16/h6-8,12,15,18H,3-5,9-11H2,1-2H3. The van der Waals surface area contributed by atoms with Crippen LogP contribution in [0.25, 0.3) is 0 Å². The van der Waals surface area contributed by atoms with E-state index >= 15 is 0 Å². The van der Waals surface area contributed by atoms with E-state index in [2.05, 4.69) is 24.4 Å². The van der Waals surface area contributed by atoms with Crippen LogP contribution in [0.15, 0.2) is 24.3 Å². The van der Waals surface area contributed by atoms with Crippen LogP contribution in [0.2, 0.25) is 5.02 Å². The maximum atomic E-state index is 6.15. The molecular weight excluding hydrogens is 258 g/mol. The van der Waals surface area contributed by atoms with E-state index in [0.717, 1.165) is 30.8 Å². The quantitative estimate of drug-likeness (QED) is 0.837. The molecule has 2 rings (SSSR count). The molecule has 0 aliphatic heterocycles. The summed E-state index contributed by atoms with van der Waals surface area (Å²) in [6.07, 6.45) is 5.86. The van der Waals surface area contributed by atoms with Gasteiger partial charge in [0.2, 0.25) is 0 Å². The molecule has 1 unspecified atom stereocenters. The van der Waals surface area contributed by atoms with Gasteiger partial charge >= 0.3 is 0 Å². The molecule has 1 fully saturated rings. The van der Waals surface area contributed by atoms with Crippen LogP contribution in [0.5, 0.6) is 0 Å². The van der Waals surface area contributed by atoms with Gasteiger partial charge in [-0.1, -0.05) is 43.5 Å². The molecule has 3 heteroatoms. The van der Waals surface area contributed by atoms with Crippen molar-refractivity contribution in [1.82, 2.24) is 5.32 Å². The van der Waals surface area contributed by atoms with Gasteiger partial charge in [-0.2, -0.15) is 0 Å². The van der Waals surface area contributed by atoms with Gasteiger partial charge < -0.3 is 10.1 Å². The van der Waals surface area contributed by atoms with Crippen LogP contribution in [0.4, 0.5) is 0 Å². The highest BCUT2D eigenvalue weighted by molar-refractivity contribution is 6.30. The highest BCUT2D eigenvalue weighted by Gasteiger charge is 2.42. The minimum absolute atomic E-state index is 0.0696. The average molecular weight is 282 g/mol. The Morgan fingerprint density at radius 1 is 1.37 bits per heavy atom. The highest BCUT2D eigenvalue weighted by Crippen LogP contribution is 2.42. The maximum absolute atomic E-state index is 6.15. The first-order valence-electron chi connectivity index (χ1n) is 7.26. The summed E-state index contributed by atoms with van der Waals surface area (Å²) in [5.74, 6) is 0. The Hall–Kier alpha value is -0.570. The third-order valence-electron chi connectivity index (χ3n) is 4.16. The zero-order valence-corrected chi connectivity index (χ0v) is 12.7. The van der Waals surface area contributed by atoms with Gasteiger partial charge in [0.05, 0.1) is 11.6 Å². The monoisotopic (exact) mass is 281 g/mol. The third-order valence-corrected chi connectivity index (χ3v) is 4.40. The SMILES string of the molecule is CCCNC(c1cccc(Cl)c1)C1(OC)CCCC1. The Balaban J connectivity index is 2.29. The Kier molecular flexibility index (Phi) is 5.26. The molecule has 0 radical (unpaired) electrons. The van der Waals surface area contributed by atoms with Crippen LogP contribution in [-0.4, -0.2) is 19.3 Å². The zero-order chi connectivity index (χ0) is 13.7. The second kappa shape index (κ2) is 6.74. The Morgan fingerprint density at radius 3 is 2.68 bits per heavy atom. The van der Waals surface area contributed by atoms with E-state index in [1.54, 1.807) is 0 Å². The second-order valence-corrected chi connectivity index (χ2v) is 5.85. The molecule has 0 heterocycles. The van der Waals surface area contributed by atoms with E-state index in [-0.39, 0.29) is 11.6 Å². The number of rotatable bonds is 6. The summed E-state index contributed by atoms with van der Waals surface area (Å²) in [5.41, 5.74) is 1.17. The van der Waals surface area contributed by atoms with Crippen molar-refractivity contribution in [1.29, 1.82) is 0 Å². The number of hydrogen-bond donors (Lipinski definition) is 1. The maximum Gasteiger partial charge on any atom is 0.0872 e. The van der Waals surface area contributed by atoms with Gasteiger partial charge in [-0.25, -0.2) is 0 Å². The molecule has 106 valence electrons. The fraction of sp³-hybridized carbons (Fsp3) is 0.625. The lowest BCUT2D eigenvalue weighted by Crippen LogP contribution is -2.43. The molecule has 1 aromatic rings. The second-order valence-electron chi connectivity index (χ2n) is 5.42. The van der Waals surface area contributed by atoms with Gasteiger partial charge in [0.25, 0.3) is 0 Å². The van der Waals surface area contributed by atoms with E-state index in [4.69, 9.17) is 16.3 Å². The Bertz CT molecular complexity index is 401. The van der Waals surface area contributed by atoms with Crippen molar-refractivity contribution in [3.05, 3.63) is 34.9 Å². The molecule has 1 aromatic carbocycles. The number of hydrogen-bond acceptors (Lipinski definition) is 2. The number of ether oxygens (including phenoxy) is 1. The highest BCUT2D eigenvalue weighted by atomic mass is 35.5. The smallest absolute Gasteiger partial charge is 0.0872 e. The molecular formula is C16H24ClNO. The van der Waals surface area contributed by atoms with E-state index in [1.807, 2.05) is 19.2 Å². The molecule has 0 bridgehead atoms. The first-order chi connectivity index (χ1) is 9.22. The first-order valence-corrected chi connectivity index (χ1v) is 7.63. The number of nitrogens with one attached hydrogen (secondary N) is 1. The van der Waals surface area contributed by atoms with Crippen molar-refractivity contribution in [3.63, 3.8) is 0 Å². The predicted octanol–water partition coefficient (Wildman–Crippen LogP) is 4.34. The molecule has 19 heavy (non-hydrogen) atoms. The van der Waals surface area contributed by atoms with Crippen molar-refractivity contribution >= 4 is 11.6 Å². The molecule has 0 aromatic heterocycles. The van der Waals surface area contributed by atoms with Gasteiger partial charge in [-0.15, -0.1) is 0 Å². The van der Waals surface area contributed by atoms with Crippen molar-refractivity contribution in [2.45, 2.75) is 50.7 Å². The van der Waals surface area contributed by atoms with Crippen LogP contribution < -0.4 is 5.32 Å². The number of halogens is 1. The molecule has 1 aliphatic rings. The Labute approximate surface area is 121 Å². The fourth-order valence-electron chi connectivity index (χ4n) is 3.17. The molecule has 0 saturated heterocycles. The van der Waals surface area contributed by atoms with Crippen LogP contribution in [0.3, 0.4) is 0 Å². The van der Waals surface area contributed by atoms with Crippen LogP contribution in [-0.2, 0) is 4.74 Å². The molecule has 1 saturated carbocycles. The van der Waals surface area contributed by atoms with E-state index < -0.39 is 0 Å². The summed E-state index contributed by atoms with van der Waals surface area (Å²) in [4.78, 5) is 0. The van der Waals surface area contributed by atoms with E-state index in [1.165, 1.54) is 18.4 Å². The Morgan fingerprint density at radius 2 is 2.11 bits per heavy atom. The van der Waals surface area contributed by atoms with Gasteiger partial charge in [-0.3, -0.25) is 0 Å². The zero-order valence-electron chi connectivity index (χ0n) is 11.9. The lowest BCUT2D eigenvalue weighted by molar-refractivity contribution is -0.0367. The minimum Gasteiger partial charge on any atom is -0.376 e. The first kappa shape index (κ1) is 14.8. The number of benzene rings is 1. The summed E-state index contributed by atoms with van der Waals surface area (Å²) in [5, 5.41) is 4.46. The predicted molar refractivity (Wildman–Crippen MR) is 80.7 cm³/mol. The van der Waals surface area contributed by atoms with E-state index in [0.29, 0.717) is 0 Å². The van der Waals surface area contributed by atoms with Gasteiger partial charge in [-0.05, 0) is 43.5 Å². The normalized spacial score (nSPS) is 19.5. The summed E-state index contributed by atoms with van der Waals surface area (Å²) in [7, 11) is 1.84. The molecule has 0 amide bonds. The molecule has 2 nitrogen and oxygen atoms in total. The molecule has 0 spiro atoms. The fourth-order valence-corrected chi connectivity index (χ4v) is 3.37. The van der Waals surface area contributed by atoms with Crippen LogP contribution >= 0.6 is 11.6 Å². The van der Waals surface area contributed by atoms with Crippen LogP contribution in [0, 0.1) is 0 Å². The van der Waals surface area contributed by atoms with Crippen LogP contribution in [0.1, 0.15) is 50.6 Å². The lowest BCUT2D eigenvalue weighted by Gasteiger charge is -2.37. The molecule has 1 aliphatic carbocycles. The third kappa shape index (κ3) is 3.31. The van der Waals surface area contributed by atoms with Crippen molar-refractivity contribution < 1.29 is 4.74 Å². The topological polar surface area (TPSA) is 21.3 Å². The number of methoxy groups -OCH3 is 1. The summed E-state index contributed by atoms with van der Waals surface area (Å²) in [6, 6.07) is 8.40. The van der Waals surface area contributed by atoms with Crippen molar-refractivity contribution in [2.75, 3.05) is 13.7 Å². The molecule has 1 N–H and O–H groups in total. The minimum atomic E-state index is -0.0696. The van der Waals surface area contributed by atoms with Crippen molar-refractivity contribution in [3.8, 4) is 0 Å². The van der Waals surface area contributed by atoms with Gasteiger partial charge in [0.15, 0.2) is 0 Å². The van der Waals surface area contributed by atoms with Gasteiger partial charge in [0, 0.05) is 12.1 Å². The molecule has 1 atom stereocenters. The van der Waals surface area contributed by atoms with Crippen molar-refractivity contribution in [2.24, 2.45) is 0 Å². The van der Waals surface area contributed by atoms with E-state index in [9.17, 15) is 0 Å². The summed E-state index contributed by atoms with van der Waals surface area (Å²) >= 11 is 6.15. The lowest BCUT2D eigenvalue weighted by atomic mass is 9.86. The summed E-state index contributed by atoms with van der Waals surface area (Å²) < 4.78 is 5.95. The largest absolute Gasteiger partial charge is 0.376 e. The summed E-state index contributed by atoms with van der Waals surface area (Å²) in [6.45, 7) is 3.19. The van der Waals surface area contributed by atoms with Gasteiger partial charge in [0.1, 0.15) is 0 Å². The average Bonchev–Trinajstić information content (AvgIpc) is 2.89.